The maximum Gasteiger partial charge on any atom is 0.262 e. The minimum absolute atomic E-state index is 0.0477. The van der Waals surface area contributed by atoms with Crippen LogP contribution in [0.5, 0.6) is 0 Å². The smallest absolute Gasteiger partial charge is 0.262 e. The molecule has 1 aliphatic rings. The molecule has 4 aromatic rings. The quantitative estimate of drug-likeness (QED) is 0.495. The van der Waals surface area contributed by atoms with Gasteiger partial charge < -0.3 is 5.32 Å². The number of benzene rings is 1. The van der Waals surface area contributed by atoms with Crippen LogP contribution in [0.2, 0.25) is 0 Å². The highest BCUT2D eigenvalue weighted by molar-refractivity contribution is 7.18. The second-order valence-corrected chi connectivity index (χ2v) is 9.24. The molecule has 32 heavy (non-hydrogen) atoms. The normalized spacial score (nSPS) is 15.8. The highest BCUT2D eigenvalue weighted by Crippen LogP contribution is 2.34. The third-order valence-corrected chi connectivity index (χ3v) is 7.20. The molecule has 0 spiro atoms. The number of hydrogen-bond donors (Lipinski definition) is 1. The van der Waals surface area contributed by atoms with Crippen LogP contribution in [0.15, 0.2) is 47.7 Å². The minimum Gasteiger partial charge on any atom is -0.309 e. The fourth-order valence-electron chi connectivity index (χ4n) is 4.28. The second-order valence-electron chi connectivity index (χ2n) is 8.16. The maximum atomic E-state index is 14.3. The fraction of sp³-hybridized carbons (Fsp3) is 0.292. The molecule has 8 heteroatoms. The van der Waals surface area contributed by atoms with Gasteiger partial charge in [-0.3, -0.25) is 14.3 Å². The predicted octanol–water partition coefficient (Wildman–Crippen LogP) is 4.14. The van der Waals surface area contributed by atoms with Crippen LogP contribution in [0, 0.1) is 18.6 Å². The number of nitrogens with zero attached hydrogens (tertiary/aromatic N) is 3. The lowest BCUT2D eigenvalue weighted by molar-refractivity contribution is 0.445. The zero-order chi connectivity index (χ0) is 22.2. The molecule has 164 valence electrons. The summed E-state index contributed by atoms with van der Waals surface area (Å²) in [5.74, 6) is -1.02. The van der Waals surface area contributed by atoms with E-state index < -0.39 is 11.6 Å². The largest absolute Gasteiger partial charge is 0.309 e. The zero-order valence-corrected chi connectivity index (χ0v) is 18.4. The Morgan fingerprint density at radius 2 is 2.09 bits per heavy atom. The lowest BCUT2D eigenvalue weighted by Gasteiger charge is -2.23. The molecule has 3 heterocycles. The summed E-state index contributed by atoms with van der Waals surface area (Å²) in [6.07, 6.45) is 5.53. The molecule has 0 unspecified atom stereocenters. The van der Waals surface area contributed by atoms with Crippen molar-refractivity contribution in [3.8, 4) is 0 Å². The van der Waals surface area contributed by atoms with Gasteiger partial charge >= 0.3 is 0 Å². The Hall–Kier alpha value is -2.97. The first-order chi connectivity index (χ1) is 15.5. The number of nitrogens with one attached hydrogen (secondary N) is 1. The first-order valence-electron chi connectivity index (χ1n) is 10.6. The topological polar surface area (TPSA) is 59.8 Å². The maximum absolute atomic E-state index is 14.3. The summed E-state index contributed by atoms with van der Waals surface area (Å²) in [5, 5.41) is 4.00. The van der Waals surface area contributed by atoms with Gasteiger partial charge in [0, 0.05) is 29.2 Å². The van der Waals surface area contributed by atoms with Crippen LogP contribution in [0.4, 0.5) is 8.78 Å². The highest BCUT2D eigenvalue weighted by atomic mass is 32.1. The van der Waals surface area contributed by atoms with E-state index >= 15 is 0 Å². The van der Waals surface area contributed by atoms with Gasteiger partial charge in [-0.15, -0.1) is 11.3 Å². The number of pyridine rings is 1. The lowest BCUT2D eigenvalue weighted by Crippen LogP contribution is -2.34. The molecule has 0 saturated heterocycles. The summed E-state index contributed by atoms with van der Waals surface area (Å²) in [5.41, 5.74) is 2.33. The molecule has 5 rings (SSSR count). The molecule has 0 saturated carbocycles. The molecule has 0 fully saturated rings. The van der Waals surface area contributed by atoms with Gasteiger partial charge in [-0.25, -0.2) is 13.8 Å². The summed E-state index contributed by atoms with van der Waals surface area (Å²) in [6.45, 7) is 2.15. The molecule has 1 aromatic carbocycles. The van der Waals surface area contributed by atoms with E-state index in [4.69, 9.17) is 0 Å². The van der Waals surface area contributed by atoms with Crippen molar-refractivity contribution in [3.05, 3.63) is 92.1 Å². The van der Waals surface area contributed by atoms with E-state index in [1.165, 1.54) is 23.5 Å². The standard InChI is InChI=1S/C24H22F2N4OS/c1-14-5-8-19(25)18(22(14)26)11-28-15-6-7-17-20(10-15)32-23-21(17)24(31)30(13-29-23)12-16-4-2-3-9-27-16/h2-5,8-9,13,15,28H,6-7,10-12H2,1H3/t15-/m0/s1. The Bertz CT molecular complexity index is 1350. The van der Waals surface area contributed by atoms with E-state index in [-0.39, 0.29) is 23.7 Å². The predicted molar refractivity (Wildman–Crippen MR) is 121 cm³/mol. The SMILES string of the molecule is Cc1ccc(F)c(CN[C@H]2CCc3c(sc4ncn(Cc5ccccn5)c(=O)c34)C2)c1F. The number of fused-ring (bicyclic) bond motifs is 3. The van der Waals surface area contributed by atoms with Gasteiger partial charge in [0.1, 0.15) is 16.5 Å². The lowest BCUT2D eigenvalue weighted by atomic mass is 9.93. The van der Waals surface area contributed by atoms with E-state index in [9.17, 15) is 13.6 Å². The van der Waals surface area contributed by atoms with Crippen molar-refractivity contribution in [1.29, 1.82) is 0 Å². The first-order valence-corrected chi connectivity index (χ1v) is 11.4. The molecule has 0 radical (unpaired) electrons. The van der Waals surface area contributed by atoms with E-state index in [1.807, 2.05) is 18.2 Å². The second kappa shape index (κ2) is 8.52. The van der Waals surface area contributed by atoms with Crippen molar-refractivity contribution in [3.63, 3.8) is 0 Å². The molecule has 1 aliphatic carbocycles. The van der Waals surface area contributed by atoms with Crippen LogP contribution in [-0.4, -0.2) is 20.6 Å². The molecule has 1 atom stereocenters. The summed E-state index contributed by atoms with van der Waals surface area (Å²) >= 11 is 1.53. The molecule has 0 bridgehead atoms. The Morgan fingerprint density at radius 3 is 2.91 bits per heavy atom. The van der Waals surface area contributed by atoms with Crippen molar-refractivity contribution < 1.29 is 8.78 Å². The Morgan fingerprint density at radius 1 is 1.22 bits per heavy atom. The van der Waals surface area contributed by atoms with Crippen molar-refractivity contribution in [1.82, 2.24) is 19.9 Å². The monoisotopic (exact) mass is 452 g/mol. The van der Waals surface area contributed by atoms with Gasteiger partial charge in [-0.1, -0.05) is 12.1 Å². The zero-order valence-electron chi connectivity index (χ0n) is 17.6. The summed E-state index contributed by atoms with van der Waals surface area (Å²) in [7, 11) is 0. The van der Waals surface area contributed by atoms with Crippen LogP contribution < -0.4 is 10.9 Å². The molecule has 5 nitrogen and oxygen atoms in total. The number of rotatable bonds is 5. The number of halogens is 2. The van der Waals surface area contributed by atoms with Gasteiger partial charge in [-0.2, -0.15) is 0 Å². The van der Waals surface area contributed by atoms with Crippen LogP contribution >= 0.6 is 11.3 Å². The van der Waals surface area contributed by atoms with Gasteiger partial charge in [0.15, 0.2) is 0 Å². The van der Waals surface area contributed by atoms with Gasteiger partial charge in [-0.05, 0) is 55.5 Å². The third-order valence-electron chi connectivity index (χ3n) is 6.04. The fourth-order valence-corrected chi connectivity index (χ4v) is 5.54. The van der Waals surface area contributed by atoms with Crippen molar-refractivity contribution in [2.24, 2.45) is 0 Å². The van der Waals surface area contributed by atoms with Gasteiger partial charge in [0.05, 0.1) is 24.0 Å². The minimum atomic E-state index is -0.531. The van der Waals surface area contributed by atoms with Gasteiger partial charge in [0.25, 0.3) is 5.56 Å². The Kier molecular flexibility index (Phi) is 5.57. The number of hydrogen-bond acceptors (Lipinski definition) is 5. The van der Waals surface area contributed by atoms with Crippen molar-refractivity contribution in [2.45, 2.75) is 45.3 Å². The number of aryl methyl sites for hydroxylation is 2. The Labute approximate surface area is 187 Å². The highest BCUT2D eigenvalue weighted by Gasteiger charge is 2.25. The van der Waals surface area contributed by atoms with E-state index in [1.54, 1.807) is 24.0 Å². The average Bonchev–Trinajstić information content (AvgIpc) is 3.17. The van der Waals surface area contributed by atoms with E-state index in [0.29, 0.717) is 23.9 Å². The molecular weight excluding hydrogens is 430 g/mol. The van der Waals surface area contributed by atoms with Crippen LogP contribution in [0.1, 0.15) is 33.7 Å². The average molecular weight is 453 g/mol. The number of thiophene rings is 1. The van der Waals surface area contributed by atoms with Crippen LogP contribution in [-0.2, 0) is 25.9 Å². The first kappa shape index (κ1) is 20.9. The molecule has 0 aliphatic heterocycles. The van der Waals surface area contributed by atoms with Gasteiger partial charge in [0.2, 0.25) is 0 Å². The van der Waals surface area contributed by atoms with Crippen molar-refractivity contribution in [2.75, 3.05) is 0 Å². The number of aromatic nitrogens is 3. The van der Waals surface area contributed by atoms with Crippen molar-refractivity contribution >= 4 is 21.6 Å². The molecule has 1 N–H and O–H groups in total. The summed E-state index contributed by atoms with van der Waals surface area (Å²) in [4.78, 5) is 23.9. The molecule has 0 amide bonds. The van der Waals surface area contributed by atoms with E-state index in [2.05, 4.69) is 15.3 Å². The Balaban J connectivity index is 1.37. The summed E-state index contributed by atoms with van der Waals surface area (Å²) in [6, 6.07) is 8.47. The third kappa shape index (κ3) is 3.84. The van der Waals surface area contributed by atoms with Crippen LogP contribution in [0.3, 0.4) is 0 Å². The molecular formula is C24H22F2N4OS. The van der Waals surface area contributed by atoms with Crippen LogP contribution in [0.25, 0.3) is 10.2 Å². The molecule has 3 aromatic heterocycles. The van der Waals surface area contributed by atoms with E-state index in [0.717, 1.165) is 33.8 Å². The summed E-state index contributed by atoms with van der Waals surface area (Å²) < 4.78 is 30.0.